The first-order chi connectivity index (χ1) is 8.33. The molecule has 0 saturated carbocycles. The van der Waals surface area contributed by atoms with Gasteiger partial charge in [-0.25, -0.2) is 0 Å². The summed E-state index contributed by atoms with van der Waals surface area (Å²) in [5.74, 6) is -0.241. The Morgan fingerprint density at radius 2 is 2.00 bits per heavy atom. The van der Waals surface area contributed by atoms with E-state index in [2.05, 4.69) is 6.58 Å². The smallest absolute Gasteiger partial charge is 0.309 e. The third-order valence-corrected chi connectivity index (χ3v) is 1.98. The third-order valence-electron chi connectivity index (χ3n) is 1.98. The highest BCUT2D eigenvalue weighted by Gasteiger charge is 1.95. The van der Waals surface area contributed by atoms with Crippen molar-refractivity contribution in [2.45, 2.75) is 6.42 Å². The molecule has 0 aliphatic rings. The maximum Gasteiger partial charge on any atom is 0.309 e. The minimum absolute atomic E-state index is 0.241. The second-order valence-corrected chi connectivity index (χ2v) is 3.37. The van der Waals surface area contributed by atoms with Crippen LogP contribution in [0.25, 0.3) is 6.08 Å². The summed E-state index contributed by atoms with van der Waals surface area (Å²) in [6.07, 6.45) is 9.32. The molecule has 0 amide bonds. The molecular weight excluding hydrogens is 212 g/mol. The van der Waals surface area contributed by atoms with Gasteiger partial charge in [0.05, 0.1) is 6.42 Å². The van der Waals surface area contributed by atoms with Crippen LogP contribution in [-0.2, 0) is 9.53 Å². The molecular formula is C15H16O2. The predicted molar refractivity (Wildman–Crippen MR) is 70.4 cm³/mol. The summed E-state index contributed by atoms with van der Waals surface area (Å²) >= 11 is 0. The SMILES string of the molecule is C=CCOC(=O)CC=CC=Cc1ccccc1. The molecule has 2 heteroatoms. The molecule has 1 aromatic carbocycles. The van der Waals surface area contributed by atoms with Gasteiger partial charge in [-0.1, -0.05) is 67.3 Å². The summed E-state index contributed by atoms with van der Waals surface area (Å²) < 4.78 is 4.82. The van der Waals surface area contributed by atoms with Gasteiger partial charge in [0, 0.05) is 0 Å². The zero-order valence-electron chi connectivity index (χ0n) is 9.71. The molecule has 0 bridgehead atoms. The van der Waals surface area contributed by atoms with Crippen LogP contribution in [0.3, 0.4) is 0 Å². The van der Waals surface area contributed by atoms with Gasteiger partial charge in [-0.3, -0.25) is 4.79 Å². The first-order valence-electron chi connectivity index (χ1n) is 5.47. The molecule has 0 N–H and O–H groups in total. The van der Waals surface area contributed by atoms with E-state index in [-0.39, 0.29) is 19.0 Å². The third kappa shape index (κ3) is 6.15. The molecule has 1 rings (SSSR count). The van der Waals surface area contributed by atoms with Crippen LogP contribution in [0.15, 0.2) is 61.2 Å². The Bertz CT molecular complexity index is 402. The Hall–Kier alpha value is -2.09. The van der Waals surface area contributed by atoms with E-state index < -0.39 is 0 Å². The van der Waals surface area contributed by atoms with Gasteiger partial charge in [0.25, 0.3) is 0 Å². The molecule has 0 atom stereocenters. The van der Waals surface area contributed by atoms with Crippen LogP contribution >= 0.6 is 0 Å². The number of esters is 1. The summed E-state index contributed by atoms with van der Waals surface area (Å²) in [4.78, 5) is 11.1. The molecule has 0 heterocycles. The van der Waals surface area contributed by atoms with Gasteiger partial charge < -0.3 is 4.74 Å². The van der Waals surface area contributed by atoms with Gasteiger partial charge in [0.15, 0.2) is 0 Å². The van der Waals surface area contributed by atoms with Crippen LogP contribution < -0.4 is 0 Å². The molecule has 0 aliphatic heterocycles. The Morgan fingerprint density at radius 1 is 1.24 bits per heavy atom. The van der Waals surface area contributed by atoms with Gasteiger partial charge in [-0.2, -0.15) is 0 Å². The van der Waals surface area contributed by atoms with Crippen molar-refractivity contribution >= 4 is 12.0 Å². The number of allylic oxidation sites excluding steroid dienone is 2. The van der Waals surface area contributed by atoms with Crippen molar-refractivity contribution in [1.29, 1.82) is 0 Å². The summed E-state index contributed by atoms with van der Waals surface area (Å²) in [6, 6.07) is 9.97. The zero-order chi connectivity index (χ0) is 12.3. The maximum atomic E-state index is 11.1. The number of ether oxygens (including phenoxy) is 1. The van der Waals surface area contributed by atoms with Crippen LogP contribution in [0.1, 0.15) is 12.0 Å². The lowest BCUT2D eigenvalue weighted by Gasteiger charge is -1.96. The predicted octanol–water partition coefficient (Wildman–Crippen LogP) is 3.38. The minimum Gasteiger partial charge on any atom is -0.461 e. The second kappa shape index (κ2) is 8.11. The van der Waals surface area contributed by atoms with Crippen molar-refractivity contribution in [3.05, 3.63) is 66.8 Å². The van der Waals surface area contributed by atoms with Crippen molar-refractivity contribution in [3.8, 4) is 0 Å². The Morgan fingerprint density at radius 3 is 2.71 bits per heavy atom. The molecule has 0 aliphatic carbocycles. The van der Waals surface area contributed by atoms with E-state index in [1.165, 1.54) is 0 Å². The van der Waals surface area contributed by atoms with Crippen LogP contribution in [0.4, 0.5) is 0 Å². The number of hydrogen-bond donors (Lipinski definition) is 0. The van der Waals surface area contributed by atoms with Gasteiger partial charge in [0.1, 0.15) is 6.61 Å². The van der Waals surface area contributed by atoms with Crippen molar-refractivity contribution in [2.24, 2.45) is 0 Å². The van der Waals surface area contributed by atoms with E-state index in [0.29, 0.717) is 0 Å². The van der Waals surface area contributed by atoms with Crippen molar-refractivity contribution in [3.63, 3.8) is 0 Å². The molecule has 0 unspecified atom stereocenters. The highest BCUT2D eigenvalue weighted by atomic mass is 16.5. The number of benzene rings is 1. The standard InChI is InChI=1S/C15H16O2/c1-2-13-17-15(16)12-8-4-7-11-14-9-5-3-6-10-14/h2-11H,1,12-13H2. The lowest BCUT2D eigenvalue weighted by molar-refractivity contribution is -0.141. The van der Waals surface area contributed by atoms with E-state index in [1.54, 1.807) is 12.2 Å². The number of carbonyl (C=O) groups is 1. The Balaban J connectivity index is 2.28. The normalized spacial score (nSPS) is 10.8. The molecule has 1 aromatic rings. The number of rotatable bonds is 6. The van der Waals surface area contributed by atoms with Crippen LogP contribution in [0, 0.1) is 0 Å². The van der Waals surface area contributed by atoms with Crippen molar-refractivity contribution in [2.75, 3.05) is 6.61 Å². The fraction of sp³-hybridized carbons (Fsp3) is 0.133. The van der Waals surface area contributed by atoms with Crippen molar-refractivity contribution < 1.29 is 9.53 Å². The first kappa shape index (κ1) is 13.0. The van der Waals surface area contributed by atoms with Crippen LogP contribution in [-0.4, -0.2) is 12.6 Å². The van der Waals surface area contributed by atoms with Gasteiger partial charge in [-0.05, 0) is 5.56 Å². The average Bonchev–Trinajstić information content (AvgIpc) is 2.37. The zero-order valence-corrected chi connectivity index (χ0v) is 9.71. The lowest BCUT2D eigenvalue weighted by Crippen LogP contribution is -2.01. The number of hydrogen-bond acceptors (Lipinski definition) is 2. The topological polar surface area (TPSA) is 26.3 Å². The van der Waals surface area contributed by atoms with E-state index in [4.69, 9.17) is 4.74 Å². The van der Waals surface area contributed by atoms with Gasteiger partial charge in [-0.15, -0.1) is 0 Å². The molecule has 88 valence electrons. The van der Waals surface area contributed by atoms with Crippen molar-refractivity contribution in [1.82, 2.24) is 0 Å². The average molecular weight is 228 g/mol. The fourth-order valence-electron chi connectivity index (χ4n) is 1.18. The monoisotopic (exact) mass is 228 g/mol. The Labute approximate surface area is 102 Å². The highest BCUT2D eigenvalue weighted by Crippen LogP contribution is 2.01. The molecule has 0 fully saturated rings. The van der Waals surface area contributed by atoms with E-state index in [1.807, 2.05) is 48.6 Å². The lowest BCUT2D eigenvalue weighted by atomic mass is 10.2. The van der Waals surface area contributed by atoms with E-state index in [9.17, 15) is 4.79 Å². The largest absolute Gasteiger partial charge is 0.461 e. The molecule has 0 aromatic heterocycles. The quantitative estimate of drug-likeness (QED) is 0.424. The second-order valence-electron chi connectivity index (χ2n) is 3.37. The van der Waals surface area contributed by atoms with Gasteiger partial charge in [0.2, 0.25) is 0 Å². The van der Waals surface area contributed by atoms with E-state index >= 15 is 0 Å². The Kier molecular flexibility index (Phi) is 6.19. The summed E-state index contributed by atoms with van der Waals surface area (Å²) in [5, 5.41) is 0. The summed E-state index contributed by atoms with van der Waals surface area (Å²) in [7, 11) is 0. The van der Waals surface area contributed by atoms with E-state index in [0.717, 1.165) is 5.56 Å². The highest BCUT2D eigenvalue weighted by molar-refractivity contribution is 5.71. The molecule has 17 heavy (non-hydrogen) atoms. The minimum atomic E-state index is -0.241. The summed E-state index contributed by atoms with van der Waals surface area (Å²) in [5.41, 5.74) is 1.13. The maximum absolute atomic E-state index is 11.1. The summed E-state index contributed by atoms with van der Waals surface area (Å²) in [6.45, 7) is 3.74. The van der Waals surface area contributed by atoms with Gasteiger partial charge >= 0.3 is 5.97 Å². The number of carbonyl (C=O) groups excluding carboxylic acids is 1. The molecule has 2 nitrogen and oxygen atoms in total. The molecule has 0 radical (unpaired) electrons. The first-order valence-corrected chi connectivity index (χ1v) is 5.47. The van der Waals surface area contributed by atoms with Crippen LogP contribution in [0.2, 0.25) is 0 Å². The van der Waals surface area contributed by atoms with Crippen LogP contribution in [0.5, 0.6) is 0 Å². The fourth-order valence-corrected chi connectivity index (χ4v) is 1.18. The molecule has 0 spiro atoms. The molecule has 0 saturated heterocycles.